The highest BCUT2D eigenvalue weighted by Gasteiger charge is 2.00. The summed E-state index contributed by atoms with van der Waals surface area (Å²) in [6.45, 7) is 4.94. The van der Waals surface area contributed by atoms with Crippen molar-refractivity contribution in [2.75, 3.05) is 17.2 Å². The Morgan fingerprint density at radius 2 is 1.90 bits per heavy atom. The van der Waals surface area contributed by atoms with Crippen molar-refractivity contribution in [1.29, 1.82) is 0 Å². The van der Waals surface area contributed by atoms with Crippen molar-refractivity contribution in [3.63, 3.8) is 0 Å². The first kappa shape index (κ1) is 14.6. The van der Waals surface area contributed by atoms with Crippen molar-refractivity contribution < 1.29 is 0 Å². The summed E-state index contributed by atoms with van der Waals surface area (Å²) in [5.74, 6) is 1.48. The molecule has 2 N–H and O–H groups in total. The summed E-state index contributed by atoms with van der Waals surface area (Å²) in [7, 11) is 0. The maximum atomic E-state index is 5.86. The number of hydrogen-bond donors (Lipinski definition) is 2. The molecule has 0 aliphatic heterocycles. The molecule has 0 saturated heterocycles. The molecule has 0 radical (unpaired) electrons. The lowest BCUT2D eigenvalue weighted by Crippen LogP contribution is -2.14. The maximum Gasteiger partial charge on any atom is 0.224 e. The highest BCUT2D eigenvalue weighted by molar-refractivity contribution is 6.30. The first-order chi connectivity index (χ1) is 9.63. The van der Waals surface area contributed by atoms with Crippen LogP contribution in [0.5, 0.6) is 0 Å². The summed E-state index contributed by atoms with van der Waals surface area (Å²) in [5, 5.41) is 7.25. The zero-order chi connectivity index (χ0) is 14.4. The third-order valence-corrected chi connectivity index (χ3v) is 2.96. The van der Waals surface area contributed by atoms with Crippen LogP contribution in [0.4, 0.5) is 11.8 Å². The van der Waals surface area contributed by atoms with Crippen LogP contribution in [0, 0.1) is 0 Å². The Balaban J connectivity index is 1.86. The fourth-order valence-electron chi connectivity index (χ4n) is 1.77. The second kappa shape index (κ2) is 7.10. The topological polar surface area (TPSA) is 49.8 Å². The smallest absolute Gasteiger partial charge is 0.224 e. The quantitative estimate of drug-likeness (QED) is 0.853. The van der Waals surface area contributed by atoms with Gasteiger partial charge in [0.15, 0.2) is 0 Å². The molecular formula is C15H19ClN4. The Bertz CT molecular complexity index is 540. The summed E-state index contributed by atoms with van der Waals surface area (Å²) in [4.78, 5) is 8.58. The van der Waals surface area contributed by atoms with Gasteiger partial charge >= 0.3 is 0 Å². The maximum absolute atomic E-state index is 5.86. The van der Waals surface area contributed by atoms with Crippen LogP contribution in [-0.4, -0.2) is 22.6 Å². The predicted octanol–water partition coefficient (Wildman–Crippen LogP) is 3.60. The number of rotatable bonds is 6. The largest absolute Gasteiger partial charge is 0.370 e. The second-order valence-corrected chi connectivity index (χ2v) is 5.30. The standard InChI is InChI=1S/C15H19ClN4/c1-11(2)19-15-18-10-8-14(20-15)17-9-7-12-3-5-13(16)6-4-12/h3-6,8,10-11H,7,9H2,1-2H3,(H2,17,18,19,20). The minimum absolute atomic E-state index is 0.319. The van der Waals surface area contributed by atoms with E-state index in [9.17, 15) is 0 Å². The van der Waals surface area contributed by atoms with Gasteiger partial charge in [0, 0.05) is 23.8 Å². The number of benzene rings is 1. The van der Waals surface area contributed by atoms with E-state index >= 15 is 0 Å². The van der Waals surface area contributed by atoms with Crippen molar-refractivity contribution in [2.24, 2.45) is 0 Å². The minimum Gasteiger partial charge on any atom is -0.370 e. The Morgan fingerprint density at radius 3 is 2.60 bits per heavy atom. The number of anilines is 2. The molecule has 0 saturated carbocycles. The first-order valence-electron chi connectivity index (χ1n) is 6.71. The van der Waals surface area contributed by atoms with Gasteiger partial charge in [0.25, 0.3) is 0 Å². The van der Waals surface area contributed by atoms with Gasteiger partial charge in [0.1, 0.15) is 5.82 Å². The van der Waals surface area contributed by atoms with E-state index in [4.69, 9.17) is 11.6 Å². The van der Waals surface area contributed by atoms with Crippen molar-refractivity contribution >= 4 is 23.4 Å². The van der Waals surface area contributed by atoms with Gasteiger partial charge in [-0.05, 0) is 44.0 Å². The van der Waals surface area contributed by atoms with E-state index in [0.717, 1.165) is 23.8 Å². The summed E-state index contributed by atoms with van der Waals surface area (Å²) in [5.41, 5.74) is 1.25. The van der Waals surface area contributed by atoms with Crippen molar-refractivity contribution in [1.82, 2.24) is 9.97 Å². The fourth-order valence-corrected chi connectivity index (χ4v) is 1.90. The number of aromatic nitrogens is 2. The van der Waals surface area contributed by atoms with E-state index in [1.54, 1.807) is 6.20 Å². The van der Waals surface area contributed by atoms with Crippen LogP contribution in [-0.2, 0) is 6.42 Å². The van der Waals surface area contributed by atoms with E-state index < -0.39 is 0 Å². The van der Waals surface area contributed by atoms with E-state index in [0.29, 0.717) is 12.0 Å². The van der Waals surface area contributed by atoms with Crippen LogP contribution in [0.1, 0.15) is 19.4 Å². The number of nitrogens with one attached hydrogen (secondary N) is 2. The van der Waals surface area contributed by atoms with E-state index in [1.807, 2.05) is 30.3 Å². The minimum atomic E-state index is 0.319. The molecule has 0 spiro atoms. The van der Waals surface area contributed by atoms with Crippen LogP contribution in [0.25, 0.3) is 0 Å². The van der Waals surface area contributed by atoms with Crippen LogP contribution in [0.3, 0.4) is 0 Å². The molecule has 5 heteroatoms. The van der Waals surface area contributed by atoms with Gasteiger partial charge < -0.3 is 10.6 Å². The fraction of sp³-hybridized carbons (Fsp3) is 0.333. The molecule has 106 valence electrons. The average Bonchev–Trinajstić information content (AvgIpc) is 2.41. The SMILES string of the molecule is CC(C)Nc1nccc(NCCc2ccc(Cl)cc2)n1. The number of hydrogen-bond acceptors (Lipinski definition) is 4. The van der Waals surface area contributed by atoms with Crippen molar-refractivity contribution in [3.05, 3.63) is 47.1 Å². The second-order valence-electron chi connectivity index (χ2n) is 4.87. The van der Waals surface area contributed by atoms with Gasteiger partial charge in [0.05, 0.1) is 0 Å². The predicted molar refractivity (Wildman–Crippen MR) is 84.4 cm³/mol. The van der Waals surface area contributed by atoms with E-state index in [1.165, 1.54) is 5.56 Å². The zero-order valence-corrected chi connectivity index (χ0v) is 12.5. The van der Waals surface area contributed by atoms with Gasteiger partial charge in [-0.25, -0.2) is 4.98 Å². The van der Waals surface area contributed by atoms with Crippen molar-refractivity contribution in [3.8, 4) is 0 Å². The van der Waals surface area contributed by atoms with Gasteiger partial charge in [-0.2, -0.15) is 4.98 Å². The lowest BCUT2D eigenvalue weighted by Gasteiger charge is -2.10. The summed E-state index contributed by atoms with van der Waals surface area (Å²) < 4.78 is 0. The highest BCUT2D eigenvalue weighted by Crippen LogP contribution is 2.11. The molecule has 0 fully saturated rings. The molecule has 1 heterocycles. The van der Waals surface area contributed by atoms with Gasteiger partial charge in [-0.1, -0.05) is 23.7 Å². The molecule has 0 atom stereocenters. The van der Waals surface area contributed by atoms with Gasteiger partial charge in [-0.3, -0.25) is 0 Å². The van der Waals surface area contributed by atoms with Crippen LogP contribution < -0.4 is 10.6 Å². The van der Waals surface area contributed by atoms with Gasteiger partial charge in [-0.15, -0.1) is 0 Å². The molecular weight excluding hydrogens is 272 g/mol. The molecule has 1 aromatic carbocycles. The molecule has 0 aliphatic rings. The third-order valence-electron chi connectivity index (χ3n) is 2.71. The van der Waals surface area contributed by atoms with Gasteiger partial charge in [0.2, 0.25) is 5.95 Å². The van der Waals surface area contributed by atoms with Crippen molar-refractivity contribution in [2.45, 2.75) is 26.3 Å². The number of halogens is 1. The molecule has 0 bridgehead atoms. The summed E-state index contributed by atoms with van der Waals surface area (Å²) in [6, 6.07) is 10.1. The Morgan fingerprint density at radius 1 is 1.15 bits per heavy atom. The van der Waals surface area contributed by atoms with E-state index in [2.05, 4.69) is 34.4 Å². The molecule has 20 heavy (non-hydrogen) atoms. The molecule has 0 amide bonds. The first-order valence-corrected chi connectivity index (χ1v) is 7.09. The zero-order valence-electron chi connectivity index (χ0n) is 11.7. The molecule has 0 unspecified atom stereocenters. The monoisotopic (exact) mass is 290 g/mol. The molecule has 4 nitrogen and oxygen atoms in total. The van der Waals surface area contributed by atoms with Crippen LogP contribution in [0.15, 0.2) is 36.5 Å². The molecule has 2 rings (SSSR count). The summed E-state index contributed by atoms with van der Waals surface area (Å²) in [6.07, 6.45) is 2.68. The highest BCUT2D eigenvalue weighted by atomic mass is 35.5. The lowest BCUT2D eigenvalue weighted by atomic mass is 10.1. The Labute approximate surface area is 124 Å². The Kier molecular flexibility index (Phi) is 5.18. The average molecular weight is 291 g/mol. The molecule has 0 aliphatic carbocycles. The Hall–Kier alpha value is -1.81. The summed E-state index contributed by atoms with van der Waals surface area (Å²) >= 11 is 5.86. The molecule has 2 aromatic rings. The van der Waals surface area contributed by atoms with Crippen LogP contribution >= 0.6 is 11.6 Å². The lowest BCUT2D eigenvalue weighted by molar-refractivity contribution is 0.873. The number of nitrogens with zero attached hydrogens (tertiary/aromatic N) is 2. The molecule has 1 aromatic heterocycles. The normalized spacial score (nSPS) is 10.6. The van der Waals surface area contributed by atoms with E-state index in [-0.39, 0.29) is 0 Å². The van der Waals surface area contributed by atoms with Crippen LogP contribution in [0.2, 0.25) is 5.02 Å². The third kappa shape index (κ3) is 4.70.